The average molecular weight is 610 g/mol. The normalized spacial score (nSPS) is 34.9. The van der Waals surface area contributed by atoms with E-state index in [2.05, 4.69) is 12.2 Å². The molecule has 0 saturated heterocycles. The van der Waals surface area contributed by atoms with E-state index in [-0.39, 0.29) is 61.1 Å². The SMILES string of the molecule is C[C@]12CCC(=O)C=C1CC[C@H]1[C@@H]2[C@@H](O)C[C@]2(C)[C@H]1CC[C@]2(O)C(=O)COC(=O)CCC(=O)N[C@@H](Cc1ccccc1)C(=O)O. The van der Waals surface area contributed by atoms with Crippen molar-refractivity contribution >= 4 is 29.4 Å². The number of nitrogens with one attached hydrogen (secondary N) is 1. The molecular formula is C34H43NO9. The third-order valence-corrected chi connectivity index (χ3v) is 11.3. The lowest BCUT2D eigenvalue weighted by molar-refractivity contribution is -0.184. The lowest BCUT2D eigenvalue weighted by Crippen LogP contribution is -2.62. The number of carbonyl (C=O) groups excluding carboxylic acids is 4. The lowest BCUT2D eigenvalue weighted by atomic mass is 9.45. The largest absolute Gasteiger partial charge is 0.480 e. The van der Waals surface area contributed by atoms with Gasteiger partial charge in [0.25, 0.3) is 0 Å². The topological polar surface area (TPSA) is 167 Å². The van der Waals surface area contributed by atoms with Crippen molar-refractivity contribution < 1.29 is 44.0 Å². The molecule has 10 heteroatoms. The van der Waals surface area contributed by atoms with Gasteiger partial charge in [-0.15, -0.1) is 0 Å². The van der Waals surface area contributed by atoms with E-state index >= 15 is 0 Å². The molecule has 8 atom stereocenters. The fourth-order valence-electron chi connectivity index (χ4n) is 9.02. The molecule has 44 heavy (non-hydrogen) atoms. The lowest BCUT2D eigenvalue weighted by Gasteiger charge is -2.60. The second kappa shape index (κ2) is 12.2. The van der Waals surface area contributed by atoms with Crippen LogP contribution in [0.3, 0.4) is 0 Å². The number of amides is 1. The Morgan fingerprint density at radius 1 is 1.05 bits per heavy atom. The Morgan fingerprint density at radius 3 is 2.48 bits per heavy atom. The molecule has 4 aliphatic carbocycles. The molecule has 4 aliphatic rings. The Hall–Kier alpha value is -3.37. The number of hydrogen-bond donors (Lipinski definition) is 4. The Labute approximate surface area is 257 Å². The van der Waals surface area contributed by atoms with Gasteiger partial charge >= 0.3 is 11.9 Å². The maximum Gasteiger partial charge on any atom is 0.326 e. The van der Waals surface area contributed by atoms with Crippen LogP contribution in [-0.4, -0.2) is 69.1 Å². The standard InChI is InChI=1S/C34H43NO9/c1-32-14-12-22(36)17-21(32)8-9-23-24-13-15-34(43,33(24,2)18-26(37)30(23)32)27(38)19-44-29(40)11-10-28(39)35-25(31(41)42)16-20-6-4-3-5-7-20/h3-7,17,23-26,30,37,43H,8-16,18-19H2,1-2H3,(H,35,39)(H,41,42)/t23-,24+,25+,26+,30-,32+,33-,34+/m1/s1. The summed E-state index contributed by atoms with van der Waals surface area (Å²) >= 11 is 0. The number of ether oxygens (including phenoxy) is 1. The van der Waals surface area contributed by atoms with Crippen LogP contribution in [0.4, 0.5) is 0 Å². The predicted octanol–water partition coefficient (Wildman–Crippen LogP) is 2.92. The van der Waals surface area contributed by atoms with E-state index in [1.807, 2.05) is 6.92 Å². The zero-order chi connectivity index (χ0) is 31.9. The van der Waals surface area contributed by atoms with Gasteiger partial charge in [-0.05, 0) is 73.3 Å². The van der Waals surface area contributed by atoms with E-state index in [1.54, 1.807) is 36.4 Å². The molecule has 0 heterocycles. The van der Waals surface area contributed by atoms with Crippen molar-refractivity contribution in [2.45, 2.75) is 95.8 Å². The smallest absolute Gasteiger partial charge is 0.326 e. The minimum absolute atomic E-state index is 0.00156. The summed E-state index contributed by atoms with van der Waals surface area (Å²) in [5.74, 6) is -3.07. The Bertz CT molecular complexity index is 1360. The summed E-state index contributed by atoms with van der Waals surface area (Å²) in [6, 6.07) is 7.70. The van der Waals surface area contributed by atoms with E-state index in [4.69, 9.17) is 4.74 Å². The molecule has 0 aliphatic heterocycles. The van der Waals surface area contributed by atoms with Gasteiger partial charge in [0.05, 0.1) is 12.5 Å². The Kier molecular flexibility index (Phi) is 8.88. The van der Waals surface area contributed by atoms with Gasteiger partial charge in [0.2, 0.25) is 11.7 Å². The van der Waals surface area contributed by atoms with Crippen molar-refractivity contribution in [3.05, 3.63) is 47.5 Å². The predicted molar refractivity (Wildman–Crippen MR) is 158 cm³/mol. The Morgan fingerprint density at radius 2 is 1.77 bits per heavy atom. The first-order valence-electron chi connectivity index (χ1n) is 15.7. The monoisotopic (exact) mass is 609 g/mol. The van der Waals surface area contributed by atoms with Gasteiger partial charge in [-0.1, -0.05) is 49.8 Å². The van der Waals surface area contributed by atoms with Crippen LogP contribution in [0.25, 0.3) is 0 Å². The van der Waals surface area contributed by atoms with Crippen LogP contribution in [0.5, 0.6) is 0 Å². The average Bonchev–Trinajstić information content (AvgIpc) is 3.25. The van der Waals surface area contributed by atoms with Crippen LogP contribution >= 0.6 is 0 Å². The third kappa shape index (κ3) is 5.74. The number of esters is 1. The van der Waals surface area contributed by atoms with Crippen molar-refractivity contribution in [2.24, 2.45) is 28.6 Å². The highest BCUT2D eigenvalue weighted by Gasteiger charge is 2.68. The summed E-state index contributed by atoms with van der Waals surface area (Å²) in [4.78, 5) is 62.1. The van der Waals surface area contributed by atoms with Crippen molar-refractivity contribution in [3.63, 3.8) is 0 Å². The zero-order valence-electron chi connectivity index (χ0n) is 25.4. The molecule has 0 spiro atoms. The first-order valence-corrected chi connectivity index (χ1v) is 15.7. The van der Waals surface area contributed by atoms with Crippen LogP contribution in [0, 0.1) is 28.6 Å². The summed E-state index contributed by atoms with van der Waals surface area (Å²) in [7, 11) is 0. The number of hydrogen-bond acceptors (Lipinski definition) is 8. The second-order valence-electron chi connectivity index (χ2n) is 13.7. The minimum Gasteiger partial charge on any atom is -0.480 e. The first-order chi connectivity index (χ1) is 20.8. The van der Waals surface area contributed by atoms with E-state index < -0.39 is 53.4 Å². The van der Waals surface area contributed by atoms with Gasteiger partial charge in [-0.25, -0.2) is 4.79 Å². The molecule has 1 aromatic rings. The van der Waals surface area contributed by atoms with Gasteiger partial charge in [-0.3, -0.25) is 19.2 Å². The molecule has 1 aromatic carbocycles. The molecule has 3 fully saturated rings. The summed E-state index contributed by atoms with van der Waals surface area (Å²) in [6.07, 6.45) is 4.20. The molecule has 4 N–H and O–H groups in total. The van der Waals surface area contributed by atoms with E-state index in [1.165, 1.54) is 0 Å². The fourth-order valence-corrected chi connectivity index (χ4v) is 9.02. The van der Waals surface area contributed by atoms with Crippen LogP contribution in [0.1, 0.15) is 77.2 Å². The molecule has 0 unspecified atom stereocenters. The number of fused-ring (bicyclic) bond motifs is 5. The molecule has 5 rings (SSSR count). The number of aliphatic hydroxyl groups excluding tert-OH is 1. The quantitative estimate of drug-likeness (QED) is 0.292. The number of Topliss-reactive ketones (excluding diaryl/α,β-unsaturated/α-hetero) is 1. The van der Waals surface area contributed by atoms with E-state index in [0.717, 1.165) is 24.0 Å². The highest BCUT2D eigenvalue weighted by molar-refractivity contribution is 5.92. The molecule has 1 amide bonds. The Balaban J connectivity index is 1.16. The molecule has 3 saturated carbocycles. The number of rotatable bonds is 10. The minimum atomic E-state index is -1.77. The molecule has 0 bridgehead atoms. The second-order valence-corrected chi connectivity index (χ2v) is 13.7. The highest BCUT2D eigenvalue weighted by Crippen LogP contribution is 2.67. The highest BCUT2D eigenvalue weighted by atomic mass is 16.5. The van der Waals surface area contributed by atoms with Gasteiger partial charge in [-0.2, -0.15) is 0 Å². The number of benzene rings is 1. The molecule has 238 valence electrons. The number of ketones is 2. The fraction of sp³-hybridized carbons (Fsp3) is 0.618. The molecule has 0 aromatic heterocycles. The van der Waals surface area contributed by atoms with Crippen molar-refractivity contribution in [1.82, 2.24) is 5.32 Å². The summed E-state index contributed by atoms with van der Waals surface area (Å²) in [5.41, 5.74) is -1.10. The van der Waals surface area contributed by atoms with Crippen LogP contribution in [0.15, 0.2) is 42.0 Å². The molecular weight excluding hydrogens is 566 g/mol. The van der Waals surface area contributed by atoms with Crippen LogP contribution < -0.4 is 5.32 Å². The summed E-state index contributed by atoms with van der Waals surface area (Å²) < 4.78 is 5.19. The zero-order valence-corrected chi connectivity index (χ0v) is 25.4. The maximum absolute atomic E-state index is 13.5. The first kappa shape index (κ1) is 32.0. The van der Waals surface area contributed by atoms with E-state index in [0.29, 0.717) is 19.3 Å². The maximum atomic E-state index is 13.5. The number of carbonyl (C=O) groups is 5. The number of allylic oxidation sites excluding steroid dienone is 1. The number of carboxylic acids is 1. The van der Waals surface area contributed by atoms with Gasteiger partial charge < -0.3 is 25.4 Å². The van der Waals surface area contributed by atoms with Crippen LogP contribution in [0.2, 0.25) is 0 Å². The van der Waals surface area contributed by atoms with Gasteiger partial charge in [0, 0.05) is 24.7 Å². The van der Waals surface area contributed by atoms with E-state index in [9.17, 15) is 39.3 Å². The third-order valence-electron chi connectivity index (χ3n) is 11.3. The van der Waals surface area contributed by atoms with Crippen LogP contribution in [-0.2, 0) is 35.1 Å². The number of carboxylic acid groups (broad SMARTS) is 1. The summed E-state index contributed by atoms with van der Waals surface area (Å²) in [5, 5.41) is 35.3. The van der Waals surface area contributed by atoms with Gasteiger partial charge in [0.1, 0.15) is 11.6 Å². The molecule has 10 nitrogen and oxygen atoms in total. The summed E-state index contributed by atoms with van der Waals surface area (Å²) in [6.45, 7) is 3.35. The van der Waals surface area contributed by atoms with Crippen molar-refractivity contribution in [1.29, 1.82) is 0 Å². The number of aliphatic carboxylic acids is 1. The van der Waals surface area contributed by atoms with Crippen molar-refractivity contribution in [3.8, 4) is 0 Å². The van der Waals surface area contributed by atoms with Gasteiger partial charge in [0.15, 0.2) is 12.4 Å². The van der Waals surface area contributed by atoms with Crippen molar-refractivity contribution in [2.75, 3.05) is 6.61 Å². The number of aliphatic hydroxyl groups is 2. The molecule has 0 radical (unpaired) electrons.